The Labute approximate surface area is 178 Å². The van der Waals surface area contributed by atoms with E-state index in [1.165, 1.54) is 4.68 Å². The molecule has 2 amide bonds. The third-order valence-electron chi connectivity index (χ3n) is 4.75. The van der Waals surface area contributed by atoms with Gasteiger partial charge in [-0.15, -0.1) is 0 Å². The molecule has 2 heterocycles. The summed E-state index contributed by atoms with van der Waals surface area (Å²) in [7, 11) is 1.54. The van der Waals surface area contributed by atoms with Crippen molar-refractivity contribution in [1.82, 2.24) is 20.1 Å². The van der Waals surface area contributed by atoms with E-state index in [0.29, 0.717) is 27.9 Å². The van der Waals surface area contributed by atoms with Crippen LogP contribution in [0.3, 0.4) is 0 Å². The van der Waals surface area contributed by atoms with Gasteiger partial charge >= 0.3 is 6.03 Å². The predicted octanol–water partition coefficient (Wildman–Crippen LogP) is 3.17. The largest absolute Gasteiger partial charge is 0.495 e. The number of ether oxygens (including phenoxy) is 1. The van der Waals surface area contributed by atoms with Gasteiger partial charge in [0.15, 0.2) is 0 Å². The highest BCUT2D eigenvalue weighted by Crippen LogP contribution is 2.22. The van der Waals surface area contributed by atoms with Gasteiger partial charge in [-0.05, 0) is 30.3 Å². The normalized spacial score (nSPS) is 10.6. The number of carbonyl (C=O) groups is 1. The average molecular weight is 415 g/mol. The molecule has 0 radical (unpaired) electrons. The van der Waals surface area contributed by atoms with Gasteiger partial charge in [-0.2, -0.15) is 5.10 Å². The van der Waals surface area contributed by atoms with Gasteiger partial charge in [0.25, 0.3) is 5.56 Å². The monoisotopic (exact) mass is 415 g/mol. The molecule has 0 aliphatic rings. The van der Waals surface area contributed by atoms with Gasteiger partial charge in [-0.1, -0.05) is 36.4 Å². The average Bonchev–Trinajstić information content (AvgIpc) is 2.81. The van der Waals surface area contributed by atoms with Crippen LogP contribution in [0, 0.1) is 0 Å². The van der Waals surface area contributed by atoms with Crippen LogP contribution in [-0.4, -0.2) is 27.9 Å². The number of hydrogen-bond acceptors (Lipinski definition) is 5. The number of carbonyl (C=O) groups excluding carboxylic acids is 1. The smallest absolute Gasteiger partial charge is 0.319 e. The first-order valence-electron chi connectivity index (χ1n) is 9.72. The van der Waals surface area contributed by atoms with Gasteiger partial charge in [-0.3, -0.25) is 9.78 Å². The first-order chi connectivity index (χ1) is 15.2. The van der Waals surface area contributed by atoms with Crippen LogP contribution < -0.4 is 20.9 Å². The minimum Gasteiger partial charge on any atom is -0.495 e. The molecule has 4 aromatic rings. The number of fused-ring (bicyclic) bond motifs is 1. The second kappa shape index (κ2) is 9.08. The Morgan fingerprint density at radius 1 is 1.00 bits per heavy atom. The van der Waals surface area contributed by atoms with Crippen LogP contribution in [0.1, 0.15) is 11.4 Å². The summed E-state index contributed by atoms with van der Waals surface area (Å²) < 4.78 is 6.63. The summed E-state index contributed by atoms with van der Waals surface area (Å²) >= 11 is 0. The lowest BCUT2D eigenvalue weighted by molar-refractivity contribution is 0.251. The third kappa shape index (κ3) is 4.53. The van der Waals surface area contributed by atoms with Crippen molar-refractivity contribution in [2.45, 2.75) is 13.1 Å². The van der Waals surface area contributed by atoms with E-state index in [2.05, 4.69) is 20.7 Å². The number of nitrogens with one attached hydrogen (secondary N) is 2. The Balaban J connectivity index is 1.58. The Morgan fingerprint density at radius 3 is 2.52 bits per heavy atom. The van der Waals surface area contributed by atoms with Gasteiger partial charge in [0.05, 0.1) is 42.7 Å². The quantitative estimate of drug-likeness (QED) is 0.504. The van der Waals surface area contributed by atoms with Crippen molar-refractivity contribution in [2.24, 2.45) is 0 Å². The number of aromatic nitrogens is 3. The van der Waals surface area contributed by atoms with Crippen LogP contribution in [0.2, 0.25) is 0 Å². The molecule has 2 aromatic carbocycles. The molecule has 156 valence electrons. The lowest BCUT2D eigenvalue weighted by atomic mass is 10.1. The first-order valence-corrected chi connectivity index (χ1v) is 9.72. The number of anilines is 1. The Morgan fingerprint density at radius 2 is 1.74 bits per heavy atom. The summed E-state index contributed by atoms with van der Waals surface area (Å²) in [6.07, 6.45) is 1.67. The zero-order chi connectivity index (χ0) is 21.6. The summed E-state index contributed by atoms with van der Waals surface area (Å²) in [6, 6.07) is 19.5. The molecule has 0 saturated heterocycles. The molecule has 0 fully saturated rings. The predicted molar refractivity (Wildman–Crippen MR) is 118 cm³/mol. The molecule has 0 aliphatic heterocycles. The standard InChI is InChI=1S/C23H21N5O3/c1-31-21-12-5-4-11-19(21)26-23(30)25-14-20-17-9-2-3-10-18(17)22(29)28(27-20)15-16-8-6-7-13-24-16/h2-13H,14-15H2,1H3,(H2,25,26,30). The number of benzene rings is 2. The van der Waals surface area contributed by atoms with Crippen LogP contribution >= 0.6 is 0 Å². The second-order valence-electron chi connectivity index (χ2n) is 6.78. The summed E-state index contributed by atoms with van der Waals surface area (Å²) in [6.45, 7) is 0.384. The van der Waals surface area contributed by atoms with E-state index in [-0.39, 0.29) is 18.6 Å². The van der Waals surface area contributed by atoms with Crippen LogP contribution in [0.15, 0.2) is 77.7 Å². The van der Waals surface area contributed by atoms with E-state index in [9.17, 15) is 9.59 Å². The maximum absolute atomic E-state index is 12.9. The van der Waals surface area contributed by atoms with Gasteiger partial charge in [0, 0.05) is 11.6 Å². The number of pyridine rings is 1. The van der Waals surface area contributed by atoms with E-state index < -0.39 is 6.03 Å². The van der Waals surface area contributed by atoms with Crippen LogP contribution in [0.5, 0.6) is 5.75 Å². The second-order valence-corrected chi connectivity index (χ2v) is 6.78. The molecule has 4 rings (SSSR count). The molecule has 2 aromatic heterocycles. The Kier molecular flexibility index (Phi) is 5.89. The van der Waals surface area contributed by atoms with Gasteiger partial charge in [-0.25, -0.2) is 9.48 Å². The fourth-order valence-electron chi connectivity index (χ4n) is 3.27. The molecule has 0 unspecified atom stereocenters. The SMILES string of the molecule is COc1ccccc1NC(=O)NCc1nn(Cc2ccccn2)c(=O)c2ccccc12. The lowest BCUT2D eigenvalue weighted by Gasteiger charge is -2.13. The van der Waals surface area contributed by atoms with Crippen molar-refractivity contribution >= 4 is 22.5 Å². The maximum Gasteiger partial charge on any atom is 0.319 e. The van der Waals surface area contributed by atoms with Crippen molar-refractivity contribution < 1.29 is 9.53 Å². The van der Waals surface area contributed by atoms with E-state index in [4.69, 9.17) is 4.74 Å². The van der Waals surface area contributed by atoms with Crippen LogP contribution in [0.4, 0.5) is 10.5 Å². The number of hydrogen-bond donors (Lipinski definition) is 2. The van der Waals surface area contributed by atoms with Crippen LogP contribution in [0.25, 0.3) is 10.8 Å². The summed E-state index contributed by atoms with van der Waals surface area (Å²) in [4.78, 5) is 29.6. The molecule has 0 saturated carbocycles. The lowest BCUT2D eigenvalue weighted by Crippen LogP contribution is -2.31. The minimum absolute atomic E-state index is 0.143. The molecule has 0 aliphatic carbocycles. The molecule has 0 spiro atoms. The van der Waals surface area contributed by atoms with E-state index in [1.54, 1.807) is 43.6 Å². The molecular formula is C23H21N5O3. The van der Waals surface area contributed by atoms with Gasteiger partial charge in [0.2, 0.25) is 0 Å². The number of urea groups is 1. The molecule has 31 heavy (non-hydrogen) atoms. The number of methoxy groups -OCH3 is 1. The van der Waals surface area contributed by atoms with Crippen molar-refractivity contribution in [3.05, 3.63) is 94.7 Å². The molecule has 8 heteroatoms. The van der Waals surface area contributed by atoms with Gasteiger partial charge in [0.1, 0.15) is 5.75 Å². The third-order valence-corrected chi connectivity index (χ3v) is 4.75. The van der Waals surface area contributed by atoms with Gasteiger partial charge < -0.3 is 15.4 Å². The molecule has 8 nitrogen and oxygen atoms in total. The molecular weight excluding hydrogens is 394 g/mol. The zero-order valence-electron chi connectivity index (χ0n) is 16.9. The van der Waals surface area contributed by atoms with E-state index in [0.717, 1.165) is 5.69 Å². The van der Waals surface area contributed by atoms with Crippen molar-refractivity contribution in [1.29, 1.82) is 0 Å². The Hall–Kier alpha value is -4.20. The highest BCUT2D eigenvalue weighted by molar-refractivity contribution is 5.91. The van der Waals surface area contributed by atoms with E-state index >= 15 is 0 Å². The highest BCUT2D eigenvalue weighted by Gasteiger charge is 2.13. The summed E-state index contributed by atoms with van der Waals surface area (Å²) in [5.74, 6) is 0.560. The van der Waals surface area contributed by atoms with Crippen molar-refractivity contribution in [3.63, 3.8) is 0 Å². The Bertz CT molecular complexity index is 1270. The first kappa shape index (κ1) is 20.1. The zero-order valence-corrected chi connectivity index (χ0v) is 16.9. The molecule has 0 bridgehead atoms. The number of para-hydroxylation sites is 2. The summed E-state index contributed by atoms with van der Waals surface area (Å²) in [5.41, 5.74) is 1.66. The topological polar surface area (TPSA) is 98.1 Å². The summed E-state index contributed by atoms with van der Waals surface area (Å²) in [5, 5.41) is 11.3. The maximum atomic E-state index is 12.9. The molecule has 0 atom stereocenters. The number of nitrogens with zero attached hydrogens (tertiary/aromatic N) is 3. The molecule has 2 N–H and O–H groups in total. The van der Waals surface area contributed by atoms with Crippen molar-refractivity contribution in [2.75, 3.05) is 12.4 Å². The van der Waals surface area contributed by atoms with E-state index in [1.807, 2.05) is 36.4 Å². The number of rotatable bonds is 6. The fourth-order valence-corrected chi connectivity index (χ4v) is 3.27. The fraction of sp³-hybridized carbons (Fsp3) is 0.130. The minimum atomic E-state index is -0.405. The number of amides is 2. The van der Waals surface area contributed by atoms with Crippen LogP contribution in [-0.2, 0) is 13.1 Å². The highest BCUT2D eigenvalue weighted by atomic mass is 16.5. The van der Waals surface area contributed by atoms with Crippen molar-refractivity contribution in [3.8, 4) is 5.75 Å².